The summed E-state index contributed by atoms with van der Waals surface area (Å²) in [5.74, 6) is -0.0681. The predicted octanol–water partition coefficient (Wildman–Crippen LogP) is 3.07. The predicted molar refractivity (Wildman–Crippen MR) is 81.6 cm³/mol. The summed E-state index contributed by atoms with van der Waals surface area (Å²) >= 11 is 5.91. The van der Waals surface area contributed by atoms with Crippen LogP contribution in [0.1, 0.15) is 26.6 Å². The van der Waals surface area contributed by atoms with Crippen LogP contribution < -0.4 is 5.56 Å². The molecule has 0 saturated heterocycles. The molecule has 1 heterocycles. The molecule has 1 aromatic carbocycles. The number of ether oxygens (including phenoxy) is 1. The Balaban J connectivity index is 2.55. The van der Waals surface area contributed by atoms with Crippen LogP contribution in [0, 0.1) is 0 Å². The first-order valence-electron chi connectivity index (χ1n) is 6.59. The lowest BCUT2D eigenvalue weighted by Gasteiger charge is -2.23. The normalized spacial score (nSPS) is 11.6. The van der Waals surface area contributed by atoms with Crippen LogP contribution in [0.3, 0.4) is 0 Å². The fourth-order valence-corrected chi connectivity index (χ4v) is 2.27. The number of H-pyrrole nitrogens is 1. The Morgan fingerprint density at radius 1 is 1.43 bits per heavy atom. The summed E-state index contributed by atoms with van der Waals surface area (Å²) in [4.78, 5) is 19.0. The van der Waals surface area contributed by atoms with Gasteiger partial charge in [-0.25, -0.2) is 0 Å². The third-order valence-corrected chi connectivity index (χ3v) is 3.32. The van der Waals surface area contributed by atoms with Crippen LogP contribution in [0.4, 0.5) is 0 Å². The molecule has 0 amide bonds. The Bertz CT molecular complexity index is 710. The molecule has 0 atom stereocenters. The molecule has 0 aliphatic heterocycles. The topological polar surface area (TPSA) is 75.2 Å². The molecule has 2 rings (SSSR count). The summed E-state index contributed by atoms with van der Waals surface area (Å²) in [6.07, 6.45) is 0. The van der Waals surface area contributed by atoms with E-state index in [9.17, 15) is 9.90 Å². The second-order valence-electron chi connectivity index (χ2n) is 5.07. The second kappa shape index (κ2) is 5.87. The lowest BCUT2D eigenvalue weighted by molar-refractivity contribution is -0.0213. The zero-order valence-corrected chi connectivity index (χ0v) is 12.9. The van der Waals surface area contributed by atoms with Gasteiger partial charge in [0.2, 0.25) is 5.88 Å². The van der Waals surface area contributed by atoms with Gasteiger partial charge in [0, 0.05) is 11.6 Å². The van der Waals surface area contributed by atoms with Crippen molar-refractivity contribution in [3.63, 3.8) is 0 Å². The fraction of sp³-hybridized carbons (Fsp3) is 0.333. The summed E-state index contributed by atoms with van der Waals surface area (Å²) in [5.41, 5.74) is -0.631. The zero-order valence-electron chi connectivity index (χ0n) is 12.1. The van der Waals surface area contributed by atoms with Crippen LogP contribution >= 0.6 is 11.6 Å². The van der Waals surface area contributed by atoms with E-state index in [-0.39, 0.29) is 17.3 Å². The number of halogens is 1. The second-order valence-corrected chi connectivity index (χ2v) is 5.50. The molecule has 0 aliphatic carbocycles. The number of aromatic amines is 1. The van der Waals surface area contributed by atoms with Crippen LogP contribution in [0.25, 0.3) is 11.1 Å². The first-order valence-corrected chi connectivity index (χ1v) is 6.96. The van der Waals surface area contributed by atoms with E-state index in [2.05, 4.69) is 9.97 Å². The first kappa shape index (κ1) is 15.5. The van der Waals surface area contributed by atoms with Crippen molar-refractivity contribution in [3.8, 4) is 17.0 Å². The van der Waals surface area contributed by atoms with Crippen molar-refractivity contribution >= 4 is 11.6 Å². The summed E-state index contributed by atoms with van der Waals surface area (Å²) < 4.78 is 5.53. The number of nitrogens with one attached hydrogen (secondary N) is 1. The third-order valence-electron chi connectivity index (χ3n) is 3.09. The van der Waals surface area contributed by atoms with Crippen LogP contribution in [0.15, 0.2) is 29.1 Å². The fourth-order valence-electron chi connectivity index (χ4n) is 2.08. The maximum Gasteiger partial charge on any atom is 0.262 e. The van der Waals surface area contributed by atoms with Crippen molar-refractivity contribution in [1.82, 2.24) is 9.97 Å². The summed E-state index contributed by atoms with van der Waals surface area (Å²) in [5, 5.41) is 10.6. The van der Waals surface area contributed by atoms with Gasteiger partial charge in [-0.15, -0.1) is 0 Å². The van der Waals surface area contributed by atoms with Crippen molar-refractivity contribution in [2.75, 3.05) is 6.61 Å². The molecule has 0 unspecified atom stereocenters. The van der Waals surface area contributed by atoms with Gasteiger partial charge in [0.05, 0.1) is 0 Å². The van der Waals surface area contributed by atoms with Crippen LogP contribution in [0.5, 0.6) is 5.88 Å². The molecule has 0 spiro atoms. The molecular formula is C15H17ClN2O3. The quantitative estimate of drug-likeness (QED) is 0.910. The number of rotatable bonds is 4. The Morgan fingerprint density at radius 2 is 2.14 bits per heavy atom. The Labute approximate surface area is 127 Å². The molecule has 5 nitrogen and oxygen atoms in total. The van der Waals surface area contributed by atoms with E-state index in [1.165, 1.54) is 0 Å². The number of aromatic nitrogens is 2. The van der Waals surface area contributed by atoms with Crippen molar-refractivity contribution in [3.05, 3.63) is 45.5 Å². The van der Waals surface area contributed by atoms with E-state index in [4.69, 9.17) is 16.3 Å². The van der Waals surface area contributed by atoms with Gasteiger partial charge in [-0.05, 0) is 38.5 Å². The molecule has 112 valence electrons. The summed E-state index contributed by atoms with van der Waals surface area (Å²) in [6, 6.07) is 6.68. The van der Waals surface area contributed by atoms with Gasteiger partial charge < -0.3 is 14.8 Å². The van der Waals surface area contributed by atoms with E-state index < -0.39 is 11.2 Å². The van der Waals surface area contributed by atoms with Gasteiger partial charge in [-0.1, -0.05) is 23.7 Å². The molecule has 0 bridgehead atoms. The number of nitrogens with zero attached hydrogens (tertiary/aromatic N) is 1. The van der Waals surface area contributed by atoms with Gasteiger partial charge >= 0.3 is 0 Å². The molecule has 2 N–H and O–H groups in total. The SMILES string of the molecule is CCOC(C)(C)c1nc(O)c(-c2cccc(Cl)c2)c(=O)[nH]1. The summed E-state index contributed by atoms with van der Waals surface area (Å²) in [6.45, 7) is 5.86. The smallest absolute Gasteiger partial charge is 0.262 e. The molecule has 0 saturated carbocycles. The van der Waals surface area contributed by atoms with E-state index in [0.29, 0.717) is 17.2 Å². The maximum absolute atomic E-state index is 12.3. The van der Waals surface area contributed by atoms with Crippen molar-refractivity contribution in [2.24, 2.45) is 0 Å². The van der Waals surface area contributed by atoms with Crippen molar-refractivity contribution in [1.29, 1.82) is 0 Å². The molecule has 0 fully saturated rings. The number of hydrogen-bond acceptors (Lipinski definition) is 4. The van der Waals surface area contributed by atoms with Crippen LogP contribution in [0.2, 0.25) is 5.02 Å². The summed E-state index contributed by atoms with van der Waals surface area (Å²) in [7, 11) is 0. The lowest BCUT2D eigenvalue weighted by Crippen LogP contribution is -2.28. The molecule has 0 aliphatic rings. The Morgan fingerprint density at radius 3 is 2.71 bits per heavy atom. The molecule has 6 heteroatoms. The van der Waals surface area contributed by atoms with Crippen molar-refractivity contribution < 1.29 is 9.84 Å². The van der Waals surface area contributed by atoms with Gasteiger partial charge in [0.1, 0.15) is 17.0 Å². The monoisotopic (exact) mass is 308 g/mol. The average molecular weight is 309 g/mol. The van der Waals surface area contributed by atoms with Crippen molar-refractivity contribution in [2.45, 2.75) is 26.4 Å². The van der Waals surface area contributed by atoms with E-state index in [1.54, 1.807) is 38.1 Å². The highest BCUT2D eigenvalue weighted by Crippen LogP contribution is 2.28. The van der Waals surface area contributed by atoms with Crippen LogP contribution in [-0.4, -0.2) is 21.7 Å². The van der Waals surface area contributed by atoms with Gasteiger partial charge in [-0.3, -0.25) is 4.79 Å². The lowest BCUT2D eigenvalue weighted by atomic mass is 10.1. The highest BCUT2D eigenvalue weighted by Gasteiger charge is 2.26. The first-order chi connectivity index (χ1) is 9.85. The van der Waals surface area contributed by atoms with E-state index in [1.807, 2.05) is 6.92 Å². The highest BCUT2D eigenvalue weighted by atomic mass is 35.5. The molecule has 21 heavy (non-hydrogen) atoms. The molecule has 0 radical (unpaired) electrons. The minimum absolute atomic E-state index is 0.0912. The van der Waals surface area contributed by atoms with E-state index in [0.717, 1.165) is 0 Å². The third kappa shape index (κ3) is 3.25. The zero-order chi connectivity index (χ0) is 15.6. The Kier molecular flexibility index (Phi) is 4.34. The number of hydrogen-bond donors (Lipinski definition) is 2. The maximum atomic E-state index is 12.3. The van der Waals surface area contributed by atoms with Gasteiger partial charge in [0.25, 0.3) is 5.56 Å². The number of benzene rings is 1. The highest BCUT2D eigenvalue weighted by molar-refractivity contribution is 6.30. The van der Waals surface area contributed by atoms with Gasteiger partial charge in [0.15, 0.2) is 0 Å². The largest absolute Gasteiger partial charge is 0.493 e. The minimum atomic E-state index is -0.793. The minimum Gasteiger partial charge on any atom is -0.493 e. The number of aromatic hydroxyl groups is 1. The van der Waals surface area contributed by atoms with Crippen LogP contribution in [-0.2, 0) is 10.3 Å². The Hall–Kier alpha value is -1.85. The molecule has 2 aromatic rings. The van der Waals surface area contributed by atoms with E-state index >= 15 is 0 Å². The van der Waals surface area contributed by atoms with Gasteiger partial charge in [-0.2, -0.15) is 4.98 Å². The standard InChI is InChI=1S/C15H17ClN2O3/c1-4-21-15(2,3)14-17-12(19)11(13(20)18-14)9-6-5-7-10(16)8-9/h5-8H,4H2,1-3H3,(H2,17,18,19,20). The molecule has 1 aromatic heterocycles. The average Bonchev–Trinajstić information content (AvgIpc) is 2.37. The molecular weight excluding hydrogens is 292 g/mol.